The number of hydrogen-bond acceptors (Lipinski definition) is 4. The number of hydrogen-bond donors (Lipinski definition) is 0. The van der Waals surface area contributed by atoms with Crippen LogP contribution in [0.25, 0.3) is 101 Å². The van der Waals surface area contributed by atoms with Gasteiger partial charge in [0.1, 0.15) is 11.2 Å². The lowest BCUT2D eigenvalue weighted by atomic mass is 9.92. The molecule has 10 aromatic rings. The molecule has 0 bridgehead atoms. The highest BCUT2D eigenvalue weighted by atomic mass is 16.3. The fourth-order valence-electron chi connectivity index (χ4n) is 7.45. The van der Waals surface area contributed by atoms with Gasteiger partial charge in [-0.2, -0.15) is 0 Å². The largest absolute Gasteiger partial charge is 0.456 e. The predicted octanol–water partition coefficient (Wildman–Crippen LogP) is 13.4. The number of nitrogens with zero attached hydrogens (tertiary/aromatic N) is 3. The van der Waals surface area contributed by atoms with E-state index in [1.54, 1.807) is 0 Å². The van der Waals surface area contributed by atoms with Gasteiger partial charge in [0.15, 0.2) is 17.5 Å². The smallest absolute Gasteiger partial charge is 0.164 e. The maximum absolute atomic E-state index is 6.54. The summed E-state index contributed by atoms with van der Waals surface area (Å²) >= 11 is 0. The van der Waals surface area contributed by atoms with Gasteiger partial charge in [-0.1, -0.05) is 170 Å². The van der Waals surface area contributed by atoms with Crippen molar-refractivity contribution in [3.8, 4) is 78.7 Å². The topological polar surface area (TPSA) is 51.8 Å². The molecular weight excluding hydrogens is 671 g/mol. The molecule has 0 N–H and O–H groups in total. The van der Waals surface area contributed by atoms with Crippen LogP contribution >= 0.6 is 0 Å². The molecule has 0 aliphatic heterocycles. The first-order chi connectivity index (χ1) is 27.2. The second kappa shape index (κ2) is 13.8. The van der Waals surface area contributed by atoms with E-state index in [-0.39, 0.29) is 0 Å². The van der Waals surface area contributed by atoms with Gasteiger partial charge in [-0.25, -0.2) is 15.0 Å². The monoisotopic (exact) mass is 703 g/mol. The first-order valence-corrected chi connectivity index (χ1v) is 18.4. The van der Waals surface area contributed by atoms with Gasteiger partial charge in [0.25, 0.3) is 0 Å². The third kappa shape index (κ3) is 6.16. The highest BCUT2D eigenvalue weighted by molar-refractivity contribution is 6.17. The van der Waals surface area contributed by atoms with E-state index in [1.807, 2.05) is 78.9 Å². The van der Waals surface area contributed by atoms with E-state index in [0.717, 1.165) is 55.3 Å². The Morgan fingerprint density at radius 1 is 0.255 bits per heavy atom. The summed E-state index contributed by atoms with van der Waals surface area (Å²) in [6.07, 6.45) is 0. The molecule has 0 fully saturated rings. The van der Waals surface area contributed by atoms with Crippen LogP contribution in [0.4, 0.5) is 0 Å². The van der Waals surface area contributed by atoms with Crippen molar-refractivity contribution in [3.05, 3.63) is 200 Å². The van der Waals surface area contributed by atoms with Gasteiger partial charge in [0.2, 0.25) is 0 Å². The maximum Gasteiger partial charge on any atom is 0.164 e. The van der Waals surface area contributed by atoms with Crippen molar-refractivity contribution >= 4 is 21.9 Å². The summed E-state index contributed by atoms with van der Waals surface area (Å²) < 4.78 is 6.54. The molecule has 0 amide bonds. The van der Waals surface area contributed by atoms with E-state index < -0.39 is 0 Å². The Hall–Kier alpha value is -7.43. The second-order valence-electron chi connectivity index (χ2n) is 13.6. The Kier molecular flexibility index (Phi) is 8.12. The summed E-state index contributed by atoms with van der Waals surface area (Å²) in [5.41, 5.74) is 13.6. The van der Waals surface area contributed by atoms with Gasteiger partial charge in [-0.15, -0.1) is 0 Å². The molecule has 0 unspecified atom stereocenters. The van der Waals surface area contributed by atoms with Gasteiger partial charge < -0.3 is 4.42 Å². The van der Waals surface area contributed by atoms with Crippen LogP contribution in [0.3, 0.4) is 0 Å². The van der Waals surface area contributed by atoms with Gasteiger partial charge in [-0.05, 0) is 74.8 Å². The highest BCUT2D eigenvalue weighted by Crippen LogP contribution is 2.42. The molecule has 4 heteroatoms. The normalized spacial score (nSPS) is 11.3. The molecule has 0 atom stereocenters. The van der Waals surface area contributed by atoms with Crippen molar-refractivity contribution < 1.29 is 4.42 Å². The van der Waals surface area contributed by atoms with Crippen molar-refractivity contribution in [2.24, 2.45) is 0 Å². The molecular formula is C51H33N3O. The molecule has 0 spiro atoms. The van der Waals surface area contributed by atoms with Crippen molar-refractivity contribution in [3.63, 3.8) is 0 Å². The van der Waals surface area contributed by atoms with Gasteiger partial charge in [-0.3, -0.25) is 0 Å². The van der Waals surface area contributed by atoms with E-state index in [4.69, 9.17) is 19.4 Å². The Labute approximate surface area is 319 Å². The Bertz CT molecular complexity index is 2820. The molecule has 0 saturated carbocycles. The number of furan rings is 1. The van der Waals surface area contributed by atoms with Gasteiger partial charge in [0, 0.05) is 27.5 Å². The second-order valence-corrected chi connectivity index (χ2v) is 13.6. The first-order valence-electron chi connectivity index (χ1n) is 18.4. The number of aromatic nitrogens is 3. The van der Waals surface area contributed by atoms with Crippen LogP contribution in [-0.4, -0.2) is 15.0 Å². The van der Waals surface area contributed by atoms with Crippen LogP contribution in [0.5, 0.6) is 0 Å². The van der Waals surface area contributed by atoms with E-state index in [9.17, 15) is 0 Å². The van der Waals surface area contributed by atoms with Gasteiger partial charge >= 0.3 is 0 Å². The van der Waals surface area contributed by atoms with Crippen LogP contribution in [0.15, 0.2) is 205 Å². The molecule has 2 heterocycles. The van der Waals surface area contributed by atoms with E-state index in [0.29, 0.717) is 17.5 Å². The van der Waals surface area contributed by atoms with Crippen molar-refractivity contribution in [2.45, 2.75) is 0 Å². The Morgan fingerprint density at radius 3 is 1.09 bits per heavy atom. The number of fused-ring (bicyclic) bond motifs is 3. The van der Waals surface area contributed by atoms with Crippen molar-refractivity contribution in [1.82, 2.24) is 15.0 Å². The zero-order valence-corrected chi connectivity index (χ0v) is 29.8. The Balaban J connectivity index is 1.11. The van der Waals surface area contributed by atoms with E-state index in [1.165, 1.54) is 27.8 Å². The van der Waals surface area contributed by atoms with Crippen molar-refractivity contribution in [2.75, 3.05) is 0 Å². The summed E-state index contributed by atoms with van der Waals surface area (Å²) in [6.45, 7) is 0. The average Bonchev–Trinajstić information content (AvgIpc) is 3.67. The standard InChI is InChI=1S/C51H33N3O/c1-5-15-34(16-6-1)40-31-41(35-17-7-2-8-18-35)33-42(32-40)36-27-29-37(30-28-36)43-23-13-25-45-47(43)48-44(24-14-26-46(48)55-45)51-53-49(38-19-9-3-10-20-38)52-50(54-51)39-21-11-4-12-22-39/h1-33H. The lowest BCUT2D eigenvalue weighted by Gasteiger charge is -2.12. The molecule has 0 saturated heterocycles. The third-order valence-electron chi connectivity index (χ3n) is 10.1. The minimum absolute atomic E-state index is 0.596. The fraction of sp³-hybridized carbons (Fsp3) is 0. The van der Waals surface area contributed by atoms with Crippen LogP contribution in [0.1, 0.15) is 0 Å². The van der Waals surface area contributed by atoms with Crippen LogP contribution in [0.2, 0.25) is 0 Å². The SMILES string of the molecule is c1ccc(-c2cc(-c3ccccc3)cc(-c3ccc(-c4cccc5oc6cccc(-c7nc(-c8ccccc8)nc(-c8ccccc8)n7)c6c45)cc3)c2)cc1. The van der Waals surface area contributed by atoms with Crippen LogP contribution < -0.4 is 0 Å². The maximum atomic E-state index is 6.54. The highest BCUT2D eigenvalue weighted by Gasteiger charge is 2.20. The van der Waals surface area contributed by atoms with Crippen LogP contribution in [0, 0.1) is 0 Å². The van der Waals surface area contributed by atoms with Crippen molar-refractivity contribution in [1.29, 1.82) is 0 Å². The summed E-state index contributed by atoms with van der Waals surface area (Å²) in [4.78, 5) is 15.1. The predicted molar refractivity (Wildman–Crippen MR) is 225 cm³/mol. The quantitative estimate of drug-likeness (QED) is 0.166. The molecule has 8 aromatic carbocycles. The van der Waals surface area contributed by atoms with E-state index in [2.05, 4.69) is 121 Å². The Morgan fingerprint density at radius 2 is 0.618 bits per heavy atom. The molecule has 0 aliphatic rings. The average molecular weight is 704 g/mol. The molecule has 2 aromatic heterocycles. The molecule has 258 valence electrons. The summed E-state index contributed by atoms with van der Waals surface area (Å²) in [7, 11) is 0. The summed E-state index contributed by atoms with van der Waals surface area (Å²) in [5.74, 6) is 1.84. The first kappa shape index (κ1) is 32.2. The third-order valence-corrected chi connectivity index (χ3v) is 10.1. The molecule has 0 radical (unpaired) electrons. The molecule has 55 heavy (non-hydrogen) atoms. The zero-order chi connectivity index (χ0) is 36.6. The summed E-state index contributed by atoms with van der Waals surface area (Å²) in [5, 5.41) is 2.01. The molecule has 10 rings (SSSR count). The summed E-state index contributed by atoms with van der Waals surface area (Å²) in [6, 6.07) is 69.4. The minimum atomic E-state index is 0.596. The molecule has 4 nitrogen and oxygen atoms in total. The number of rotatable bonds is 7. The molecule has 0 aliphatic carbocycles. The lowest BCUT2D eigenvalue weighted by molar-refractivity contribution is 0.669. The van der Waals surface area contributed by atoms with Crippen LogP contribution in [-0.2, 0) is 0 Å². The fourth-order valence-corrected chi connectivity index (χ4v) is 7.45. The van der Waals surface area contributed by atoms with E-state index >= 15 is 0 Å². The van der Waals surface area contributed by atoms with Gasteiger partial charge in [0.05, 0.1) is 0 Å². The lowest BCUT2D eigenvalue weighted by Crippen LogP contribution is -2.00. The minimum Gasteiger partial charge on any atom is -0.456 e. The zero-order valence-electron chi connectivity index (χ0n) is 29.8. The number of benzene rings is 8.